The van der Waals surface area contributed by atoms with Crippen LogP contribution in [0.4, 0.5) is 27.6 Å². The number of hydrogen-bond donors (Lipinski definition) is 2. The Kier molecular flexibility index (Phi) is 6.77. The zero-order chi connectivity index (χ0) is 30.5. The topological polar surface area (TPSA) is 115 Å². The molecule has 0 atom stereocenters. The van der Waals surface area contributed by atoms with Gasteiger partial charge >= 0.3 is 18.0 Å². The molecule has 0 unspecified atom stereocenters. The van der Waals surface area contributed by atoms with E-state index in [1.165, 1.54) is 6.07 Å². The number of ketones is 1. The van der Waals surface area contributed by atoms with Crippen LogP contribution in [-0.4, -0.2) is 27.5 Å². The number of fused-ring (bicyclic) bond motifs is 1. The number of carbonyl (C=O) groups is 1. The summed E-state index contributed by atoms with van der Waals surface area (Å²) in [4.78, 5) is 18.6. The molecule has 0 aliphatic rings. The Balaban J connectivity index is 1.50. The molecule has 0 saturated heterocycles. The molecule has 8 nitrogen and oxygen atoms in total. The molecule has 43 heavy (non-hydrogen) atoms. The minimum atomic E-state index is -4.91. The third-order valence-corrected chi connectivity index (χ3v) is 7.45. The van der Waals surface area contributed by atoms with E-state index >= 15 is 4.39 Å². The lowest BCUT2D eigenvalue weighted by atomic mass is 9.98. The molecule has 3 aromatic heterocycles. The first kappa shape index (κ1) is 27.8. The van der Waals surface area contributed by atoms with Gasteiger partial charge in [-0.15, -0.1) is 24.5 Å². The van der Waals surface area contributed by atoms with Crippen molar-refractivity contribution < 1.29 is 45.8 Å². The average Bonchev–Trinajstić information content (AvgIpc) is 3.52. The highest BCUT2D eigenvalue weighted by Crippen LogP contribution is 2.43. The number of nitrogens with zero attached hydrogens (tertiary/aromatic N) is 3. The number of nitrogen functional groups attached to an aromatic ring is 1. The summed E-state index contributed by atoms with van der Waals surface area (Å²) in [7, 11) is 0. The third kappa shape index (κ3) is 5.23. The Labute approximate surface area is 242 Å². The van der Waals surface area contributed by atoms with E-state index in [0.717, 1.165) is 52.4 Å². The van der Waals surface area contributed by atoms with E-state index in [1.807, 2.05) is 0 Å². The SMILES string of the molecule is Nc1c(C(=O)c2c(O)on[n+]2-c2ccc(OC(F)(F)F)cc2)sc2nc(-c3ccccc3)cc(-c3ccc(F)cc3F)c12. The van der Waals surface area contributed by atoms with Gasteiger partial charge in [0.25, 0.3) is 5.78 Å². The third-order valence-electron chi connectivity index (χ3n) is 6.35. The predicted molar refractivity (Wildman–Crippen MR) is 145 cm³/mol. The van der Waals surface area contributed by atoms with E-state index < -0.39 is 41.2 Å². The van der Waals surface area contributed by atoms with Crippen molar-refractivity contribution in [3.05, 3.63) is 101 Å². The van der Waals surface area contributed by atoms with Crippen molar-refractivity contribution in [3.8, 4) is 39.8 Å². The van der Waals surface area contributed by atoms with Crippen LogP contribution in [0.1, 0.15) is 15.4 Å². The smallest absolute Gasteiger partial charge is 0.474 e. The number of aromatic hydroxyl groups is 1. The zero-order valence-electron chi connectivity index (χ0n) is 21.4. The first-order valence-corrected chi connectivity index (χ1v) is 13.1. The number of anilines is 1. The number of aromatic nitrogens is 3. The molecule has 6 rings (SSSR count). The largest absolute Gasteiger partial charge is 0.573 e. The zero-order valence-corrected chi connectivity index (χ0v) is 22.2. The molecule has 0 aliphatic heterocycles. The van der Waals surface area contributed by atoms with Crippen molar-refractivity contribution in [1.82, 2.24) is 10.3 Å². The molecular formula is C29H16F5N4O4S+. The maximum atomic E-state index is 15.0. The van der Waals surface area contributed by atoms with Gasteiger partial charge in [-0.3, -0.25) is 9.32 Å². The van der Waals surface area contributed by atoms with Gasteiger partial charge in [-0.1, -0.05) is 30.3 Å². The van der Waals surface area contributed by atoms with Gasteiger partial charge in [-0.25, -0.2) is 13.8 Å². The molecule has 0 radical (unpaired) electrons. The van der Waals surface area contributed by atoms with E-state index in [-0.39, 0.29) is 37.6 Å². The minimum absolute atomic E-state index is 0.0125. The number of thiophene rings is 1. The van der Waals surface area contributed by atoms with Crippen LogP contribution in [0, 0.1) is 11.6 Å². The van der Waals surface area contributed by atoms with Gasteiger partial charge < -0.3 is 15.6 Å². The number of benzene rings is 3. The summed E-state index contributed by atoms with van der Waals surface area (Å²) in [6.45, 7) is 0. The quantitative estimate of drug-likeness (QED) is 0.124. The number of carbonyl (C=O) groups excluding carboxylic acids is 1. The first-order chi connectivity index (χ1) is 20.5. The van der Waals surface area contributed by atoms with Crippen LogP contribution in [0.3, 0.4) is 0 Å². The molecule has 14 heteroatoms. The van der Waals surface area contributed by atoms with Crippen LogP contribution in [0.15, 0.2) is 83.4 Å². The number of pyridine rings is 1. The van der Waals surface area contributed by atoms with Crippen LogP contribution in [0.2, 0.25) is 0 Å². The Hall–Kier alpha value is -5.37. The second-order valence-electron chi connectivity index (χ2n) is 9.08. The fourth-order valence-electron chi connectivity index (χ4n) is 4.49. The molecule has 0 amide bonds. The van der Waals surface area contributed by atoms with Gasteiger partial charge in [-0.2, -0.15) is 0 Å². The van der Waals surface area contributed by atoms with Crippen LogP contribution >= 0.6 is 11.3 Å². The van der Waals surface area contributed by atoms with Crippen molar-refractivity contribution in [2.75, 3.05) is 5.73 Å². The van der Waals surface area contributed by atoms with Gasteiger partial charge in [0.05, 0.1) is 11.4 Å². The van der Waals surface area contributed by atoms with E-state index in [0.29, 0.717) is 11.3 Å². The Morgan fingerprint density at radius 2 is 1.70 bits per heavy atom. The summed E-state index contributed by atoms with van der Waals surface area (Å²) in [5.74, 6) is -3.92. The summed E-state index contributed by atoms with van der Waals surface area (Å²) in [6, 6.07) is 17.9. The van der Waals surface area contributed by atoms with Crippen LogP contribution in [0.25, 0.3) is 38.3 Å². The van der Waals surface area contributed by atoms with Crippen molar-refractivity contribution in [1.29, 1.82) is 0 Å². The van der Waals surface area contributed by atoms with Crippen LogP contribution in [0.5, 0.6) is 11.7 Å². The molecular weight excluding hydrogens is 595 g/mol. The molecule has 3 aromatic carbocycles. The average molecular weight is 612 g/mol. The predicted octanol–water partition coefficient (Wildman–Crippen LogP) is 6.59. The molecule has 6 aromatic rings. The van der Waals surface area contributed by atoms with Gasteiger partial charge in [0.2, 0.25) is 11.0 Å². The number of hydrogen-bond acceptors (Lipinski definition) is 8. The van der Waals surface area contributed by atoms with E-state index in [4.69, 9.17) is 10.3 Å². The molecule has 3 N–H and O–H groups in total. The summed E-state index contributed by atoms with van der Waals surface area (Å²) in [5.41, 5.74) is 7.30. The highest BCUT2D eigenvalue weighted by atomic mass is 32.1. The second-order valence-corrected chi connectivity index (χ2v) is 10.1. The molecule has 3 heterocycles. The highest BCUT2D eigenvalue weighted by Gasteiger charge is 2.38. The second kappa shape index (κ2) is 10.5. The van der Waals surface area contributed by atoms with Gasteiger partial charge in [0.1, 0.15) is 27.1 Å². The van der Waals surface area contributed by atoms with Crippen molar-refractivity contribution in [3.63, 3.8) is 0 Å². The van der Waals surface area contributed by atoms with E-state index in [2.05, 4.69) is 15.0 Å². The fraction of sp³-hybridized carbons (Fsp3) is 0.0345. The maximum absolute atomic E-state index is 15.0. The van der Waals surface area contributed by atoms with E-state index in [9.17, 15) is 27.5 Å². The lowest BCUT2D eigenvalue weighted by Gasteiger charge is -2.10. The van der Waals surface area contributed by atoms with E-state index in [1.54, 1.807) is 36.4 Å². The molecule has 0 fully saturated rings. The number of rotatable bonds is 6. The molecule has 216 valence electrons. The van der Waals surface area contributed by atoms with Gasteiger partial charge in [0, 0.05) is 39.4 Å². The lowest BCUT2D eigenvalue weighted by molar-refractivity contribution is -0.672. The summed E-state index contributed by atoms with van der Waals surface area (Å²) < 4.78 is 76.0. The first-order valence-electron chi connectivity index (χ1n) is 12.3. The lowest BCUT2D eigenvalue weighted by Crippen LogP contribution is -2.38. The molecule has 0 spiro atoms. The highest BCUT2D eigenvalue weighted by molar-refractivity contribution is 7.21. The van der Waals surface area contributed by atoms with Gasteiger partial charge in [-0.05, 0) is 35.9 Å². The molecule has 0 bridgehead atoms. The summed E-state index contributed by atoms with van der Waals surface area (Å²) in [5, 5.41) is 14.3. The van der Waals surface area contributed by atoms with Crippen molar-refractivity contribution in [2.45, 2.75) is 6.36 Å². The monoisotopic (exact) mass is 611 g/mol. The number of ether oxygens (including phenoxy) is 1. The van der Waals surface area contributed by atoms with Crippen LogP contribution in [-0.2, 0) is 0 Å². The Morgan fingerprint density at radius 1 is 0.977 bits per heavy atom. The summed E-state index contributed by atoms with van der Waals surface area (Å²) in [6.07, 6.45) is -4.91. The minimum Gasteiger partial charge on any atom is -0.474 e. The number of halogens is 5. The van der Waals surface area contributed by atoms with Crippen molar-refractivity contribution >= 4 is 33.0 Å². The van der Waals surface area contributed by atoms with Crippen molar-refractivity contribution in [2.24, 2.45) is 0 Å². The Morgan fingerprint density at radius 3 is 2.37 bits per heavy atom. The molecule has 0 saturated carbocycles. The van der Waals surface area contributed by atoms with Gasteiger partial charge in [0.15, 0.2) is 0 Å². The fourth-order valence-corrected chi connectivity index (χ4v) is 5.55. The molecule has 0 aliphatic carbocycles. The number of alkyl halides is 3. The Bertz CT molecular complexity index is 2010. The van der Waals surface area contributed by atoms with Crippen LogP contribution < -0.4 is 15.2 Å². The maximum Gasteiger partial charge on any atom is 0.573 e. The number of nitrogens with two attached hydrogens (primary N) is 1. The normalized spacial score (nSPS) is 11.7. The standard InChI is InChI=1S/C29H15F5N4O4S/c30-15-6-11-18(20(31)12-15)19-13-21(14-4-2-1-3-5-14)36-27-22(19)23(35)26(43-27)25(39)24-28(40)42-37-38(24)16-7-9-17(10-8-16)41-29(32,33)34/h1-13H,(H2-,35,37,39,40)/p+1. The summed E-state index contributed by atoms with van der Waals surface area (Å²) >= 11 is 0.857.